The minimum Gasteiger partial charge on any atom is -0.340 e. The first kappa shape index (κ1) is 11.9. The Morgan fingerprint density at radius 1 is 1.31 bits per heavy atom. The quantitative estimate of drug-likeness (QED) is 0.712. The van der Waals surface area contributed by atoms with E-state index in [0.29, 0.717) is 11.9 Å². The summed E-state index contributed by atoms with van der Waals surface area (Å²) in [5.74, 6) is 0.319. The first-order valence-electron chi connectivity index (χ1n) is 6.50. The van der Waals surface area contributed by atoms with Crippen LogP contribution in [0.2, 0.25) is 0 Å². The zero-order chi connectivity index (χ0) is 11.4. The zero-order valence-electron chi connectivity index (χ0n) is 10.2. The van der Waals surface area contributed by atoms with Crippen LogP contribution in [0.5, 0.6) is 0 Å². The number of nitrogens with zero attached hydrogens (tertiary/aromatic N) is 1. The molecule has 0 aliphatic carbocycles. The Bertz CT molecular complexity index is 238. The van der Waals surface area contributed by atoms with Crippen molar-refractivity contribution >= 4 is 5.91 Å². The molecule has 0 spiro atoms. The highest BCUT2D eigenvalue weighted by molar-refractivity contribution is 5.82. The van der Waals surface area contributed by atoms with Crippen LogP contribution in [0.15, 0.2) is 0 Å². The van der Waals surface area contributed by atoms with Crippen LogP contribution in [0.3, 0.4) is 0 Å². The van der Waals surface area contributed by atoms with Gasteiger partial charge in [-0.1, -0.05) is 6.42 Å². The maximum Gasteiger partial charge on any atom is 0.239 e. The van der Waals surface area contributed by atoms with E-state index in [1.807, 2.05) is 11.9 Å². The minimum atomic E-state index is 0.0874. The largest absolute Gasteiger partial charge is 0.340 e. The van der Waals surface area contributed by atoms with Crippen molar-refractivity contribution in [3.8, 4) is 0 Å². The third-order valence-corrected chi connectivity index (χ3v) is 3.75. The summed E-state index contributed by atoms with van der Waals surface area (Å²) >= 11 is 0. The number of rotatable bonds is 2. The molecule has 0 saturated carbocycles. The van der Waals surface area contributed by atoms with Crippen molar-refractivity contribution in [1.82, 2.24) is 15.5 Å². The summed E-state index contributed by atoms with van der Waals surface area (Å²) < 4.78 is 0. The van der Waals surface area contributed by atoms with Gasteiger partial charge in [0.05, 0.1) is 6.04 Å². The van der Waals surface area contributed by atoms with Crippen molar-refractivity contribution in [3.05, 3.63) is 0 Å². The molecule has 2 N–H and O–H groups in total. The molecule has 0 aromatic heterocycles. The second-order valence-corrected chi connectivity index (χ2v) is 4.91. The molecule has 2 aliphatic heterocycles. The van der Waals surface area contributed by atoms with E-state index in [0.717, 1.165) is 32.5 Å². The Kier molecular flexibility index (Phi) is 4.18. The Hall–Kier alpha value is -0.610. The third-order valence-electron chi connectivity index (χ3n) is 3.75. The molecule has 4 heteroatoms. The third kappa shape index (κ3) is 2.74. The lowest BCUT2D eigenvalue weighted by molar-refractivity contribution is -0.135. The molecule has 0 radical (unpaired) electrons. The van der Waals surface area contributed by atoms with E-state index in [1.54, 1.807) is 0 Å². The molecule has 2 fully saturated rings. The van der Waals surface area contributed by atoms with Crippen LogP contribution in [0, 0.1) is 0 Å². The van der Waals surface area contributed by atoms with Gasteiger partial charge in [-0.2, -0.15) is 0 Å². The molecule has 2 heterocycles. The fraction of sp³-hybridized carbons (Fsp3) is 0.917. The normalized spacial score (nSPS) is 31.4. The number of likely N-dealkylation sites (tertiary alicyclic amines) is 1. The van der Waals surface area contributed by atoms with E-state index < -0.39 is 0 Å². The molecule has 0 bridgehead atoms. The lowest BCUT2D eigenvalue weighted by Gasteiger charge is -2.36. The number of carbonyl (C=O) groups is 1. The molecule has 16 heavy (non-hydrogen) atoms. The van der Waals surface area contributed by atoms with Gasteiger partial charge in [0.15, 0.2) is 0 Å². The van der Waals surface area contributed by atoms with Crippen LogP contribution in [0.1, 0.15) is 32.1 Å². The monoisotopic (exact) mass is 225 g/mol. The molecular weight excluding hydrogens is 202 g/mol. The summed E-state index contributed by atoms with van der Waals surface area (Å²) in [6, 6.07) is 0.575. The smallest absolute Gasteiger partial charge is 0.239 e. The van der Waals surface area contributed by atoms with Gasteiger partial charge in [-0.3, -0.25) is 4.79 Å². The first-order valence-corrected chi connectivity index (χ1v) is 6.50. The van der Waals surface area contributed by atoms with Gasteiger partial charge < -0.3 is 15.5 Å². The molecule has 0 aromatic carbocycles. The Morgan fingerprint density at radius 3 is 2.88 bits per heavy atom. The van der Waals surface area contributed by atoms with Gasteiger partial charge >= 0.3 is 0 Å². The van der Waals surface area contributed by atoms with Crippen molar-refractivity contribution in [2.75, 3.05) is 26.7 Å². The van der Waals surface area contributed by atoms with Crippen molar-refractivity contribution in [2.24, 2.45) is 0 Å². The summed E-state index contributed by atoms with van der Waals surface area (Å²) in [4.78, 5) is 14.3. The van der Waals surface area contributed by atoms with Gasteiger partial charge in [-0.15, -0.1) is 0 Å². The fourth-order valence-electron chi connectivity index (χ4n) is 2.70. The maximum atomic E-state index is 12.3. The van der Waals surface area contributed by atoms with E-state index in [2.05, 4.69) is 10.6 Å². The van der Waals surface area contributed by atoms with Crippen LogP contribution < -0.4 is 10.6 Å². The lowest BCUT2D eigenvalue weighted by atomic mass is 10.0. The molecule has 2 atom stereocenters. The predicted molar refractivity (Wildman–Crippen MR) is 64.3 cm³/mol. The van der Waals surface area contributed by atoms with Crippen molar-refractivity contribution in [2.45, 2.75) is 44.2 Å². The summed E-state index contributed by atoms with van der Waals surface area (Å²) in [6.45, 7) is 2.82. The van der Waals surface area contributed by atoms with E-state index in [-0.39, 0.29) is 6.04 Å². The molecule has 0 aromatic rings. The van der Waals surface area contributed by atoms with E-state index >= 15 is 0 Å². The molecule has 2 rings (SSSR count). The highest BCUT2D eigenvalue weighted by Gasteiger charge is 2.28. The highest BCUT2D eigenvalue weighted by Crippen LogP contribution is 2.14. The van der Waals surface area contributed by atoms with Crippen LogP contribution in [0.4, 0.5) is 0 Å². The molecule has 1 amide bonds. The molecule has 92 valence electrons. The van der Waals surface area contributed by atoms with Crippen LogP contribution in [-0.4, -0.2) is 49.6 Å². The van der Waals surface area contributed by atoms with Crippen molar-refractivity contribution in [1.29, 1.82) is 0 Å². The minimum absolute atomic E-state index is 0.0874. The molecule has 2 saturated heterocycles. The van der Waals surface area contributed by atoms with Crippen molar-refractivity contribution in [3.63, 3.8) is 0 Å². The van der Waals surface area contributed by atoms with Crippen molar-refractivity contribution < 1.29 is 4.79 Å². The maximum absolute atomic E-state index is 12.3. The summed E-state index contributed by atoms with van der Waals surface area (Å²) in [5.41, 5.74) is 0. The SMILES string of the molecule is CNC1CCCN(C(=O)[C@@H]2CCCCN2)C1. The summed E-state index contributed by atoms with van der Waals surface area (Å²) in [7, 11) is 1.98. The molecule has 2 aliphatic rings. The van der Waals surface area contributed by atoms with Crippen LogP contribution in [-0.2, 0) is 4.79 Å². The van der Waals surface area contributed by atoms with Gasteiger partial charge in [0.25, 0.3) is 0 Å². The number of piperidine rings is 2. The van der Waals surface area contributed by atoms with E-state index in [9.17, 15) is 4.79 Å². The lowest BCUT2D eigenvalue weighted by Crippen LogP contribution is -2.54. The summed E-state index contributed by atoms with van der Waals surface area (Å²) in [5, 5.41) is 6.61. The van der Waals surface area contributed by atoms with Gasteiger partial charge in [-0.25, -0.2) is 0 Å². The number of likely N-dealkylation sites (N-methyl/N-ethyl adjacent to an activating group) is 1. The highest BCUT2D eigenvalue weighted by atomic mass is 16.2. The van der Waals surface area contributed by atoms with Crippen LogP contribution in [0.25, 0.3) is 0 Å². The van der Waals surface area contributed by atoms with E-state index in [1.165, 1.54) is 19.3 Å². The second-order valence-electron chi connectivity index (χ2n) is 4.91. The average molecular weight is 225 g/mol. The van der Waals surface area contributed by atoms with Gasteiger partial charge in [-0.05, 0) is 39.3 Å². The topological polar surface area (TPSA) is 44.4 Å². The fourth-order valence-corrected chi connectivity index (χ4v) is 2.70. The Balaban J connectivity index is 1.87. The van der Waals surface area contributed by atoms with Crippen LogP contribution >= 0.6 is 0 Å². The number of hydrogen-bond donors (Lipinski definition) is 2. The Morgan fingerprint density at radius 2 is 2.19 bits per heavy atom. The Labute approximate surface area is 97.8 Å². The molecule has 4 nitrogen and oxygen atoms in total. The number of nitrogens with one attached hydrogen (secondary N) is 2. The number of hydrogen-bond acceptors (Lipinski definition) is 3. The van der Waals surface area contributed by atoms with Gasteiger partial charge in [0, 0.05) is 19.1 Å². The standard InChI is InChI=1S/C12H23N3O/c1-13-10-5-4-8-15(9-10)12(16)11-6-2-3-7-14-11/h10-11,13-14H,2-9H2,1H3/t10?,11-/m0/s1. The van der Waals surface area contributed by atoms with Gasteiger partial charge in [0.2, 0.25) is 5.91 Å². The zero-order valence-corrected chi connectivity index (χ0v) is 10.2. The molecule has 1 unspecified atom stereocenters. The summed E-state index contributed by atoms with van der Waals surface area (Å²) in [6.07, 6.45) is 5.73. The predicted octanol–water partition coefficient (Wildman–Crippen LogP) is 0.339. The van der Waals surface area contributed by atoms with E-state index in [4.69, 9.17) is 0 Å². The number of amides is 1. The average Bonchev–Trinajstić information content (AvgIpc) is 2.39. The first-order chi connectivity index (χ1) is 7.81. The molecular formula is C12H23N3O. The van der Waals surface area contributed by atoms with Gasteiger partial charge in [0.1, 0.15) is 0 Å². The second kappa shape index (κ2) is 5.64. The number of carbonyl (C=O) groups excluding carboxylic acids is 1.